The fraction of sp³-hybridized carbons (Fsp3) is 0.381. The van der Waals surface area contributed by atoms with Crippen molar-refractivity contribution in [3.8, 4) is 12.1 Å². The van der Waals surface area contributed by atoms with Gasteiger partial charge in [-0.25, -0.2) is 4.98 Å². The van der Waals surface area contributed by atoms with Crippen molar-refractivity contribution in [2.24, 2.45) is 5.73 Å². The number of aliphatic hydroxyl groups excluding tert-OH is 1. The van der Waals surface area contributed by atoms with Crippen molar-refractivity contribution in [2.45, 2.75) is 41.6 Å². The van der Waals surface area contributed by atoms with Gasteiger partial charge in [0.25, 0.3) is 0 Å². The maximum Gasteiger partial charge on any atom is 0.235 e. The van der Waals surface area contributed by atoms with Crippen LogP contribution in [-0.2, 0) is 4.79 Å². The average molecular weight is 420 g/mol. The molecule has 2 aromatic heterocycles. The first-order valence-electron chi connectivity index (χ1n) is 9.70. The quantitative estimate of drug-likeness (QED) is 0.676. The molecule has 0 spiro atoms. The molecule has 0 aromatic carbocycles. The van der Waals surface area contributed by atoms with E-state index in [-0.39, 0.29) is 5.92 Å². The SMILES string of the molecule is N#Cc1c(SC(C(N)=O)c2ccncc2)nc(N2CC[C@H](O)C2)c(C#N)c1C1CC1. The van der Waals surface area contributed by atoms with Gasteiger partial charge < -0.3 is 15.7 Å². The number of aliphatic hydroxyl groups is 1. The van der Waals surface area contributed by atoms with E-state index in [1.807, 2.05) is 4.90 Å². The second kappa shape index (κ2) is 8.31. The number of rotatable bonds is 6. The smallest absolute Gasteiger partial charge is 0.235 e. The minimum atomic E-state index is -0.746. The maximum atomic E-state index is 12.2. The van der Waals surface area contributed by atoms with E-state index in [1.165, 1.54) is 0 Å². The van der Waals surface area contributed by atoms with Gasteiger partial charge in [0.2, 0.25) is 5.91 Å². The normalized spacial score (nSPS) is 19.2. The van der Waals surface area contributed by atoms with Gasteiger partial charge in [-0.2, -0.15) is 10.5 Å². The number of nitrogens with zero attached hydrogens (tertiary/aromatic N) is 5. The number of carbonyl (C=O) groups excluding carboxylic acids is 1. The fourth-order valence-corrected chi connectivity index (χ4v) is 4.80. The van der Waals surface area contributed by atoms with Gasteiger partial charge in [0, 0.05) is 25.5 Å². The summed E-state index contributed by atoms with van der Waals surface area (Å²) in [5, 5.41) is 29.4. The number of anilines is 1. The lowest BCUT2D eigenvalue weighted by Gasteiger charge is -2.23. The summed E-state index contributed by atoms with van der Waals surface area (Å²) in [6, 6.07) is 7.87. The predicted molar refractivity (Wildman–Crippen MR) is 111 cm³/mol. The number of amides is 1. The molecule has 1 aliphatic heterocycles. The van der Waals surface area contributed by atoms with Gasteiger partial charge in [-0.05, 0) is 48.4 Å². The largest absolute Gasteiger partial charge is 0.391 e. The second-order valence-corrected chi connectivity index (χ2v) is 8.57. The van der Waals surface area contributed by atoms with Crippen LogP contribution in [0.1, 0.15) is 52.7 Å². The third kappa shape index (κ3) is 3.82. The zero-order valence-corrected chi connectivity index (χ0v) is 17.0. The molecule has 152 valence electrons. The van der Waals surface area contributed by atoms with Gasteiger partial charge in [-0.1, -0.05) is 11.8 Å². The van der Waals surface area contributed by atoms with Gasteiger partial charge in [-0.3, -0.25) is 9.78 Å². The number of nitrogens with two attached hydrogens (primary N) is 1. The van der Waals surface area contributed by atoms with Gasteiger partial charge in [0.1, 0.15) is 28.2 Å². The van der Waals surface area contributed by atoms with Gasteiger partial charge >= 0.3 is 0 Å². The number of primary amides is 1. The zero-order valence-electron chi connectivity index (χ0n) is 16.2. The number of nitriles is 2. The highest BCUT2D eigenvalue weighted by Gasteiger charge is 2.36. The van der Waals surface area contributed by atoms with Crippen LogP contribution in [0.3, 0.4) is 0 Å². The van der Waals surface area contributed by atoms with E-state index in [0.717, 1.165) is 24.6 Å². The van der Waals surface area contributed by atoms with Crippen molar-refractivity contribution < 1.29 is 9.90 Å². The maximum absolute atomic E-state index is 12.2. The standard InChI is InChI=1S/C21H20N6O2S/c22-9-15-17(12-1-2-12)16(10-23)21(26-20(15)27-8-5-14(28)11-27)30-18(19(24)29)13-3-6-25-7-4-13/h3-4,6-7,12,14,18,28H,1-2,5,8,11H2,(H2,24,29)/t14-,18?/m0/s1. The third-order valence-electron chi connectivity index (χ3n) is 5.35. The Balaban J connectivity index is 1.84. The summed E-state index contributed by atoms with van der Waals surface area (Å²) in [5.74, 6) is 0.0543. The highest BCUT2D eigenvalue weighted by molar-refractivity contribution is 8.00. The van der Waals surface area contributed by atoms with E-state index in [2.05, 4.69) is 22.1 Å². The van der Waals surface area contributed by atoms with Crippen molar-refractivity contribution in [1.29, 1.82) is 10.5 Å². The average Bonchev–Trinajstić information content (AvgIpc) is 3.51. The Kier molecular flexibility index (Phi) is 5.58. The summed E-state index contributed by atoms with van der Waals surface area (Å²) < 4.78 is 0. The van der Waals surface area contributed by atoms with Crippen LogP contribution in [0.5, 0.6) is 0 Å². The molecule has 4 rings (SSSR count). The number of aromatic nitrogens is 2. The second-order valence-electron chi connectivity index (χ2n) is 7.47. The van der Waals surface area contributed by atoms with E-state index < -0.39 is 17.3 Å². The monoisotopic (exact) mass is 420 g/mol. The third-order valence-corrected chi connectivity index (χ3v) is 6.61. The lowest BCUT2D eigenvalue weighted by Crippen LogP contribution is -2.25. The molecule has 2 fully saturated rings. The Morgan fingerprint density at radius 1 is 1.23 bits per heavy atom. The molecule has 2 aliphatic rings. The molecule has 9 heteroatoms. The summed E-state index contributed by atoms with van der Waals surface area (Å²) in [4.78, 5) is 22.7. The minimum absolute atomic E-state index is 0.135. The van der Waals surface area contributed by atoms with Crippen molar-refractivity contribution >= 4 is 23.5 Å². The molecule has 8 nitrogen and oxygen atoms in total. The van der Waals surface area contributed by atoms with Crippen LogP contribution >= 0.6 is 11.8 Å². The highest BCUT2D eigenvalue weighted by Crippen LogP contribution is 2.48. The molecule has 3 heterocycles. The summed E-state index contributed by atoms with van der Waals surface area (Å²) in [7, 11) is 0. The van der Waals surface area contributed by atoms with Crippen LogP contribution in [-0.4, -0.2) is 40.2 Å². The molecule has 0 radical (unpaired) electrons. The first-order chi connectivity index (χ1) is 14.5. The number of thioether (sulfide) groups is 1. The molecule has 0 bridgehead atoms. The number of pyridine rings is 2. The van der Waals surface area contributed by atoms with Crippen LogP contribution in [0.25, 0.3) is 0 Å². The zero-order chi connectivity index (χ0) is 21.3. The van der Waals surface area contributed by atoms with Crippen molar-refractivity contribution in [3.05, 3.63) is 46.8 Å². The molecule has 1 unspecified atom stereocenters. The number of carbonyl (C=O) groups is 1. The van der Waals surface area contributed by atoms with E-state index >= 15 is 0 Å². The molecule has 1 saturated carbocycles. The molecule has 2 atom stereocenters. The Labute approximate surface area is 178 Å². The Morgan fingerprint density at radius 2 is 1.93 bits per heavy atom. The lowest BCUT2D eigenvalue weighted by atomic mass is 10.00. The van der Waals surface area contributed by atoms with Crippen LogP contribution in [0.4, 0.5) is 5.82 Å². The summed E-state index contributed by atoms with van der Waals surface area (Å²) in [6.45, 7) is 0.956. The Morgan fingerprint density at radius 3 is 2.47 bits per heavy atom. The van der Waals surface area contributed by atoms with Gasteiger partial charge in [0.05, 0.1) is 17.2 Å². The predicted octanol–water partition coefficient (Wildman–Crippen LogP) is 1.99. The Hall–Kier alpha value is -3.14. The van der Waals surface area contributed by atoms with Crippen LogP contribution < -0.4 is 10.6 Å². The lowest BCUT2D eigenvalue weighted by molar-refractivity contribution is -0.117. The van der Waals surface area contributed by atoms with E-state index in [4.69, 9.17) is 5.73 Å². The molecule has 1 aliphatic carbocycles. The summed E-state index contributed by atoms with van der Waals surface area (Å²) >= 11 is 1.12. The van der Waals surface area contributed by atoms with Crippen LogP contribution in [0.15, 0.2) is 29.6 Å². The number of hydrogen-bond donors (Lipinski definition) is 2. The van der Waals surface area contributed by atoms with Crippen molar-refractivity contribution in [3.63, 3.8) is 0 Å². The van der Waals surface area contributed by atoms with Crippen LogP contribution in [0.2, 0.25) is 0 Å². The Bertz CT molecular complexity index is 1060. The van der Waals surface area contributed by atoms with E-state index in [9.17, 15) is 20.4 Å². The number of β-amino-alcohol motifs (C(OH)–C–C–N with tert-alkyl or cyclic N) is 1. The molecular formula is C21H20N6O2S. The van der Waals surface area contributed by atoms with Gasteiger partial charge in [0.15, 0.2) is 0 Å². The molecule has 2 aromatic rings. The van der Waals surface area contributed by atoms with Gasteiger partial charge in [-0.15, -0.1) is 0 Å². The van der Waals surface area contributed by atoms with Crippen molar-refractivity contribution in [2.75, 3.05) is 18.0 Å². The first kappa shape index (κ1) is 20.1. The summed E-state index contributed by atoms with van der Waals surface area (Å²) in [5.41, 5.74) is 7.77. The van der Waals surface area contributed by atoms with Crippen molar-refractivity contribution in [1.82, 2.24) is 9.97 Å². The fourth-order valence-electron chi connectivity index (χ4n) is 3.76. The van der Waals surface area contributed by atoms with E-state index in [0.29, 0.717) is 52.6 Å². The molecule has 1 saturated heterocycles. The highest BCUT2D eigenvalue weighted by atomic mass is 32.2. The van der Waals surface area contributed by atoms with E-state index in [1.54, 1.807) is 24.5 Å². The summed E-state index contributed by atoms with van der Waals surface area (Å²) in [6.07, 6.45) is 5.08. The molecule has 1 amide bonds. The number of hydrogen-bond acceptors (Lipinski definition) is 8. The molecule has 30 heavy (non-hydrogen) atoms. The molecular weight excluding hydrogens is 400 g/mol. The minimum Gasteiger partial charge on any atom is -0.391 e. The van der Waals surface area contributed by atoms with Crippen LogP contribution in [0, 0.1) is 22.7 Å². The topological polar surface area (TPSA) is 140 Å². The first-order valence-corrected chi connectivity index (χ1v) is 10.6. The molecule has 3 N–H and O–H groups in total.